The van der Waals surface area contributed by atoms with E-state index in [2.05, 4.69) is 23.7 Å². The number of piperidine rings is 1. The first-order chi connectivity index (χ1) is 8.49. The minimum Gasteiger partial charge on any atom is -0.477 e. The Bertz CT molecular complexity index is 462. The third-order valence-electron chi connectivity index (χ3n) is 3.76. The average molecular weight is 249 g/mol. The molecule has 0 saturated carbocycles. The second-order valence-electron chi connectivity index (χ2n) is 5.10. The largest absolute Gasteiger partial charge is 0.477 e. The number of rotatable bonds is 2. The maximum Gasteiger partial charge on any atom is 0.354 e. The van der Waals surface area contributed by atoms with Crippen LogP contribution in [0.25, 0.3) is 0 Å². The summed E-state index contributed by atoms with van der Waals surface area (Å²) in [7, 11) is 0. The van der Waals surface area contributed by atoms with Crippen molar-refractivity contribution in [1.82, 2.24) is 4.98 Å². The van der Waals surface area contributed by atoms with Crippen molar-refractivity contribution in [2.24, 2.45) is 11.8 Å². The molecule has 1 saturated heterocycles. The summed E-state index contributed by atoms with van der Waals surface area (Å²) in [5.41, 5.74) is 6.49. The van der Waals surface area contributed by atoms with Crippen molar-refractivity contribution < 1.29 is 9.90 Å². The maximum atomic E-state index is 10.9. The van der Waals surface area contributed by atoms with Crippen LogP contribution in [0.5, 0.6) is 0 Å². The Kier molecular flexibility index (Phi) is 3.41. The minimum absolute atomic E-state index is 0.0467. The number of aromatic carboxylic acids is 1. The third-order valence-corrected chi connectivity index (χ3v) is 3.76. The standard InChI is InChI=1S/C13H19N3O2/c1-8-5-6-16(7-9(8)2)12-10(14)3-4-11(15-12)13(17)18/h3-4,8-9H,5-7,14H2,1-2H3,(H,17,18). The Labute approximate surface area is 107 Å². The van der Waals surface area contributed by atoms with Crippen LogP contribution < -0.4 is 10.6 Å². The smallest absolute Gasteiger partial charge is 0.354 e. The molecule has 0 aliphatic carbocycles. The van der Waals surface area contributed by atoms with Crippen molar-refractivity contribution in [2.75, 3.05) is 23.7 Å². The molecule has 1 aromatic rings. The summed E-state index contributed by atoms with van der Waals surface area (Å²) in [5.74, 6) is 0.835. The maximum absolute atomic E-state index is 10.9. The van der Waals surface area contributed by atoms with Crippen LogP contribution in [0.1, 0.15) is 30.8 Å². The van der Waals surface area contributed by atoms with Gasteiger partial charge in [-0.3, -0.25) is 0 Å². The van der Waals surface area contributed by atoms with Crippen LogP contribution in [0.4, 0.5) is 11.5 Å². The molecule has 0 radical (unpaired) electrons. The molecule has 2 unspecified atom stereocenters. The highest BCUT2D eigenvalue weighted by Gasteiger charge is 2.25. The molecular formula is C13H19N3O2. The average Bonchev–Trinajstić information content (AvgIpc) is 2.33. The fourth-order valence-corrected chi connectivity index (χ4v) is 2.29. The number of hydrogen-bond acceptors (Lipinski definition) is 4. The van der Waals surface area contributed by atoms with E-state index < -0.39 is 5.97 Å². The van der Waals surface area contributed by atoms with E-state index in [1.807, 2.05) is 0 Å². The van der Waals surface area contributed by atoms with E-state index in [1.54, 1.807) is 6.07 Å². The highest BCUT2D eigenvalue weighted by molar-refractivity contribution is 5.87. The predicted molar refractivity (Wildman–Crippen MR) is 70.8 cm³/mol. The van der Waals surface area contributed by atoms with E-state index >= 15 is 0 Å². The Morgan fingerprint density at radius 2 is 2.17 bits per heavy atom. The van der Waals surface area contributed by atoms with E-state index in [9.17, 15) is 4.79 Å². The van der Waals surface area contributed by atoms with Crippen molar-refractivity contribution >= 4 is 17.5 Å². The first-order valence-corrected chi connectivity index (χ1v) is 6.23. The summed E-state index contributed by atoms with van der Waals surface area (Å²) in [6.45, 7) is 6.20. The zero-order chi connectivity index (χ0) is 13.3. The summed E-state index contributed by atoms with van der Waals surface area (Å²) < 4.78 is 0. The molecule has 2 atom stereocenters. The molecule has 1 aliphatic heterocycles. The van der Waals surface area contributed by atoms with Gasteiger partial charge in [0.25, 0.3) is 0 Å². The molecule has 5 nitrogen and oxygen atoms in total. The van der Waals surface area contributed by atoms with Gasteiger partial charge in [-0.05, 0) is 30.4 Å². The first-order valence-electron chi connectivity index (χ1n) is 6.23. The number of nitrogens with two attached hydrogens (primary N) is 1. The van der Waals surface area contributed by atoms with Gasteiger partial charge in [-0.15, -0.1) is 0 Å². The van der Waals surface area contributed by atoms with Gasteiger partial charge in [0.15, 0.2) is 11.5 Å². The summed E-state index contributed by atoms with van der Waals surface area (Å²) in [4.78, 5) is 17.2. The monoisotopic (exact) mass is 249 g/mol. The molecule has 5 heteroatoms. The van der Waals surface area contributed by atoms with E-state index in [0.717, 1.165) is 19.5 Å². The van der Waals surface area contributed by atoms with E-state index in [4.69, 9.17) is 10.8 Å². The highest BCUT2D eigenvalue weighted by atomic mass is 16.4. The molecule has 0 amide bonds. The lowest BCUT2D eigenvalue weighted by Crippen LogP contribution is -2.39. The molecule has 18 heavy (non-hydrogen) atoms. The summed E-state index contributed by atoms with van der Waals surface area (Å²) in [6, 6.07) is 3.06. The van der Waals surface area contributed by atoms with Gasteiger partial charge in [0.1, 0.15) is 0 Å². The number of nitrogens with zero attached hydrogens (tertiary/aromatic N) is 2. The SMILES string of the molecule is CC1CCN(c2nc(C(=O)O)ccc2N)CC1C. The number of carboxylic acids is 1. The molecule has 0 bridgehead atoms. The molecule has 1 aliphatic rings. The van der Waals surface area contributed by atoms with E-state index in [-0.39, 0.29) is 5.69 Å². The predicted octanol–water partition coefficient (Wildman–Crippen LogP) is 1.84. The lowest BCUT2D eigenvalue weighted by atomic mass is 9.88. The quantitative estimate of drug-likeness (QED) is 0.836. The van der Waals surface area contributed by atoms with Gasteiger partial charge in [0.05, 0.1) is 5.69 Å². The Hall–Kier alpha value is -1.78. The number of anilines is 2. The molecule has 98 valence electrons. The zero-order valence-electron chi connectivity index (χ0n) is 10.8. The van der Waals surface area contributed by atoms with Crippen LogP contribution in [0.3, 0.4) is 0 Å². The normalized spacial score (nSPS) is 24.0. The van der Waals surface area contributed by atoms with Gasteiger partial charge in [0, 0.05) is 13.1 Å². The molecular weight excluding hydrogens is 230 g/mol. The van der Waals surface area contributed by atoms with Crippen LogP contribution in [0.15, 0.2) is 12.1 Å². The Balaban J connectivity index is 2.27. The van der Waals surface area contributed by atoms with Crippen molar-refractivity contribution in [3.63, 3.8) is 0 Å². The molecule has 3 N–H and O–H groups in total. The summed E-state index contributed by atoms with van der Waals surface area (Å²) >= 11 is 0. The van der Waals surface area contributed by atoms with E-state index in [0.29, 0.717) is 23.3 Å². The Morgan fingerprint density at radius 1 is 1.44 bits per heavy atom. The third kappa shape index (κ3) is 2.39. The summed E-state index contributed by atoms with van der Waals surface area (Å²) in [5, 5.41) is 8.97. The number of carboxylic acid groups (broad SMARTS) is 1. The van der Waals surface area contributed by atoms with Crippen LogP contribution in [-0.4, -0.2) is 29.1 Å². The van der Waals surface area contributed by atoms with Crippen LogP contribution in [-0.2, 0) is 0 Å². The van der Waals surface area contributed by atoms with Gasteiger partial charge in [-0.25, -0.2) is 9.78 Å². The number of carbonyl (C=O) groups is 1. The van der Waals surface area contributed by atoms with Crippen molar-refractivity contribution in [1.29, 1.82) is 0 Å². The summed E-state index contributed by atoms with van der Waals surface area (Å²) in [6.07, 6.45) is 1.08. The van der Waals surface area contributed by atoms with Gasteiger partial charge < -0.3 is 15.7 Å². The first kappa shape index (κ1) is 12.7. The van der Waals surface area contributed by atoms with Gasteiger partial charge >= 0.3 is 5.97 Å². The Morgan fingerprint density at radius 3 is 2.78 bits per heavy atom. The second kappa shape index (κ2) is 4.84. The zero-order valence-corrected chi connectivity index (χ0v) is 10.8. The van der Waals surface area contributed by atoms with Gasteiger partial charge in [-0.2, -0.15) is 0 Å². The molecule has 0 spiro atoms. The van der Waals surface area contributed by atoms with Crippen molar-refractivity contribution in [2.45, 2.75) is 20.3 Å². The number of aromatic nitrogens is 1. The number of hydrogen-bond donors (Lipinski definition) is 2. The van der Waals surface area contributed by atoms with E-state index in [1.165, 1.54) is 6.07 Å². The lowest BCUT2D eigenvalue weighted by Gasteiger charge is -2.36. The molecule has 1 fully saturated rings. The molecule has 0 aromatic carbocycles. The minimum atomic E-state index is -1.02. The van der Waals surface area contributed by atoms with Crippen molar-refractivity contribution in [3.8, 4) is 0 Å². The van der Waals surface area contributed by atoms with Crippen molar-refractivity contribution in [3.05, 3.63) is 17.8 Å². The number of nitrogen functional groups attached to an aromatic ring is 1. The molecule has 1 aromatic heterocycles. The fourth-order valence-electron chi connectivity index (χ4n) is 2.29. The highest BCUT2D eigenvalue weighted by Crippen LogP contribution is 2.29. The van der Waals surface area contributed by atoms with Crippen LogP contribution >= 0.6 is 0 Å². The van der Waals surface area contributed by atoms with Crippen LogP contribution in [0, 0.1) is 11.8 Å². The fraction of sp³-hybridized carbons (Fsp3) is 0.538. The molecule has 2 heterocycles. The van der Waals surface area contributed by atoms with Crippen LogP contribution in [0.2, 0.25) is 0 Å². The molecule has 2 rings (SSSR count). The second-order valence-corrected chi connectivity index (χ2v) is 5.10. The van der Waals surface area contributed by atoms with Gasteiger partial charge in [0.2, 0.25) is 0 Å². The lowest BCUT2D eigenvalue weighted by molar-refractivity contribution is 0.0690. The number of pyridine rings is 1. The van der Waals surface area contributed by atoms with Gasteiger partial charge in [-0.1, -0.05) is 13.8 Å². The topological polar surface area (TPSA) is 79.5 Å².